The lowest BCUT2D eigenvalue weighted by molar-refractivity contribution is -0.131. The second kappa shape index (κ2) is 9.96. The molecule has 0 unspecified atom stereocenters. The number of piperidine rings is 1. The molecule has 0 saturated carbocycles. The normalized spacial score (nSPS) is 15.6. The molecule has 1 fully saturated rings. The van der Waals surface area contributed by atoms with Gasteiger partial charge in [-0.05, 0) is 60.7 Å². The summed E-state index contributed by atoms with van der Waals surface area (Å²) in [7, 11) is -2.94. The Balaban J connectivity index is 1.72. The zero-order chi connectivity index (χ0) is 26.4. The molecule has 194 valence electrons. The van der Waals surface area contributed by atoms with Crippen LogP contribution in [0.25, 0.3) is 10.9 Å². The lowest BCUT2D eigenvalue weighted by Crippen LogP contribution is -2.43. The summed E-state index contributed by atoms with van der Waals surface area (Å²) in [6.45, 7) is 0.549. The number of alkyl halides is 5. The van der Waals surface area contributed by atoms with Gasteiger partial charge >= 0.3 is 0 Å². The molecule has 0 bridgehead atoms. The number of nitrogens with zero attached hydrogens (tertiary/aromatic N) is 2. The molecule has 2 aromatic carbocycles. The molecule has 1 aliphatic heterocycles. The third-order valence-corrected chi connectivity index (χ3v) is 8.38. The Kier molecular flexibility index (Phi) is 7.45. The van der Waals surface area contributed by atoms with Crippen molar-refractivity contribution in [3.63, 3.8) is 0 Å². The Hall–Kier alpha value is -2.14. The van der Waals surface area contributed by atoms with Crippen molar-refractivity contribution in [3.05, 3.63) is 59.5 Å². The number of carbonyl (C=O) groups is 1. The second-order valence-corrected chi connectivity index (χ2v) is 12.4. The molecular formula is C23H20Cl3F3N2O4S. The van der Waals surface area contributed by atoms with E-state index in [2.05, 4.69) is 0 Å². The smallest absolute Gasteiger partial charge is 0.274 e. The first-order valence-corrected chi connectivity index (χ1v) is 13.3. The zero-order valence-electron chi connectivity index (χ0n) is 18.7. The van der Waals surface area contributed by atoms with E-state index < -0.39 is 37.5 Å². The van der Waals surface area contributed by atoms with Gasteiger partial charge in [0.05, 0.1) is 17.5 Å². The van der Waals surface area contributed by atoms with Gasteiger partial charge in [-0.1, -0.05) is 34.8 Å². The largest absolute Gasteiger partial charge is 0.496 e. The number of likely N-dealkylation sites (tertiary alicyclic amines) is 1. The van der Waals surface area contributed by atoms with E-state index in [0.29, 0.717) is 28.1 Å². The summed E-state index contributed by atoms with van der Waals surface area (Å²) in [6.07, 6.45) is -1.25. The molecule has 0 atom stereocenters. The Morgan fingerprint density at radius 3 is 2.36 bits per heavy atom. The monoisotopic (exact) mass is 582 g/mol. The molecule has 1 saturated heterocycles. The van der Waals surface area contributed by atoms with Crippen LogP contribution in [-0.2, 0) is 14.8 Å². The van der Waals surface area contributed by atoms with E-state index in [4.69, 9.17) is 39.5 Å². The van der Waals surface area contributed by atoms with Gasteiger partial charge in [0.2, 0.25) is 0 Å². The summed E-state index contributed by atoms with van der Waals surface area (Å²) in [5.74, 6) is -1.16. The van der Waals surface area contributed by atoms with Crippen molar-refractivity contribution in [1.82, 2.24) is 8.87 Å². The van der Waals surface area contributed by atoms with Gasteiger partial charge in [0.1, 0.15) is 11.6 Å². The van der Waals surface area contributed by atoms with Crippen LogP contribution in [0.4, 0.5) is 13.2 Å². The van der Waals surface area contributed by atoms with Crippen LogP contribution in [0.1, 0.15) is 36.3 Å². The number of halogens is 6. The Labute approximate surface area is 220 Å². The van der Waals surface area contributed by atoms with Crippen molar-refractivity contribution in [2.24, 2.45) is 0 Å². The highest BCUT2D eigenvalue weighted by Crippen LogP contribution is 2.39. The quantitative estimate of drug-likeness (QED) is 0.344. The van der Waals surface area contributed by atoms with Gasteiger partial charge in [0.25, 0.3) is 26.1 Å². The number of fused-ring (bicyclic) bond motifs is 1. The molecule has 6 nitrogen and oxygen atoms in total. The summed E-state index contributed by atoms with van der Waals surface area (Å²) in [5, 5.41) is -0.0605. The van der Waals surface area contributed by atoms with E-state index in [1.807, 2.05) is 0 Å². The first kappa shape index (κ1) is 26.9. The van der Waals surface area contributed by atoms with Crippen molar-refractivity contribution in [1.29, 1.82) is 0 Å². The van der Waals surface area contributed by atoms with Crippen LogP contribution in [0.3, 0.4) is 0 Å². The average Bonchev–Trinajstić information content (AvgIpc) is 3.22. The molecular weight excluding hydrogens is 564 g/mol. The summed E-state index contributed by atoms with van der Waals surface area (Å²) in [5.41, 5.74) is -0.147. The summed E-state index contributed by atoms with van der Waals surface area (Å²) in [6, 6.07) is 7.22. The highest BCUT2D eigenvalue weighted by molar-refractivity contribution is 7.90. The van der Waals surface area contributed by atoms with Crippen LogP contribution >= 0.6 is 34.8 Å². The minimum absolute atomic E-state index is 0.0605. The molecule has 4 rings (SSSR count). The maximum absolute atomic E-state index is 13.9. The first-order valence-electron chi connectivity index (χ1n) is 10.7. The Bertz CT molecular complexity index is 1420. The third kappa shape index (κ3) is 5.01. The molecule has 36 heavy (non-hydrogen) atoms. The summed E-state index contributed by atoms with van der Waals surface area (Å²) in [4.78, 5) is 13.5. The van der Waals surface area contributed by atoms with Crippen molar-refractivity contribution in [2.45, 2.75) is 33.9 Å². The number of aromatic nitrogens is 1. The van der Waals surface area contributed by atoms with Crippen molar-refractivity contribution in [2.75, 3.05) is 20.2 Å². The molecule has 0 N–H and O–H groups in total. The van der Waals surface area contributed by atoms with Crippen molar-refractivity contribution >= 4 is 61.6 Å². The number of methoxy groups -OCH3 is 1. The van der Waals surface area contributed by atoms with E-state index >= 15 is 0 Å². The van der Waals surface area contributed by atoms with Crippen LogP contribution < -0.4 is 4.74 Å². The number of carbonyl (C=O) groups excluding carboxylic acids is 1. The molecule has 13 heteroatoms. The third-order valence-electron chi connectivity index (χ3n) is 6.22. The van der Waals surface area contributed by atoms with E-state index in [9.17, 15) is 26.4 Å². The van der Waals surface area contributed by atoms with Gasteiger partial charge in [0.15, 0.2) is 0 Å². The van der Waals surface area contributed by atoms with Crippen LogP contribution in [-0.4, -0.2) is 47.2 Å². The number of hydrogen-bond acceptors (Lipinski definition) is 4. The van der Waals surface area contributed by atoms with Crippen molar-refractivity contribution in [3.8, 4) is 5.75 Å². The van der Waals surface area contributed by atoms with E-state index in [0.717, 1.165) is 24.4 Å². The predicted molar refractivity (Wildman–Crippen MR) is 131 cm³/mol. The second-order valence-electron chi connectivity index (χ2n) is 8.32. The number of rotatable bonds is 5. The fourth-order valence-electron chi connectivity index (χ4n) is 4.45. The Morgan fingerprint density at radius 2 is 1.78 bits per heavy atom. The van der Waals surface area contributed by atoms with Crippen LogP contribution in [0.2, 0.25) is 0 Å². The molecule has 3 aromatic rings. The minimum atomic E-state index is -4.38. The number of amides is 1. The van der Waals surface area contributed by atoms with E-state index in [-0.39, 0.29) is 34.8 Å². The first-order chi connectivity index (χ1) is 16.8. The molecule has 2 heterocycles. The summed E-state index contributed by atoms with van der Waals surface area (Å²) >= 11 is 17.1. The number of hydrogen-bond donors (Lipinski definition) is 0. The van der Waals surface area contributed by atoms with Gasteiger partial charge in [-0.3, -0.25) is 4.79 Å². The van der Waals surface area contributed by atoms with Gasteiger partial charge in [0, 0.05) is 30.2 Å². The van der Waals surface area contributed by atoms with Crippen LogP contribution in [0.5, 0.6) is 5.75 Å². The molecule has 1 aromatic heterocycles. The SMILES string of the molecule is COc1ccc(S(=O)(=O)n2cc(C(F)F)c3ccc(F)cc32)cc1C1CCN(C(=O)C(Cl)(Cl)Cl)CC1. The topological polar surface area (TPSA) is 68.6 Å². The molecule has 1 aliphatic rings. The molecule has 0 radical (unpaired) electrons. The van der Waals surface area contributed by atoms with Crippen LogP contribution in [0, 0.1) is 5.82 Å². The predicted octanol–water partition coefficient (Wildman–Crippen LogP) is 6.04. The fourth-order valence-corrected chi connectivity index (χ4v) is 6.21. The Morgan fingerprint density at radius 1 is 1.11 bits per heavy atom. The molecule has 0 spiro atoms. The van der Waals surface area contributed by atoms with Gasteiger partial charge < -0.3 is 9.64 Å². The highest BCUT2D eigenvalue weighted by atomic mass is 35.6. The van der Waals surface area contributed by atoms with E-state index in [1.54, 1.807) is 0 Å². The fraction of sp³-hybridized carbons (Fsp3) is 0.348. The van der Waals surface area contributed by atoms with Gasteiger partial charge in [-0.15, -0.1) is 0 Å². The van der Waals surface area contributed by atoms with E-state index in [1.165, 1.54) is 30.2 Å². The number of benzene rings is 2. The van der Waals surface area contributed by atoms with Crippen molar-refractivity contribution < 1.29 is 31.1 Å². The zero-order valence-corrected chi connectivity index (χ0v) is 21.8. The molecule has 0 aliphatic carbocycles. The summed E-state index contributed by atoms with van der Waals surface area (Å²) < 4.78 is 72.2. The minimum Gasteiger partial charge on any atom is -0.496 e. The molecule has 1 amide bonds. The average molecular weight is 584 g/mol. The maximum atomic E-state index is 13.9. The standard InChI is InChI=1S/C23H20Cl3F3N2O4S/c1-35-20-5-3-15(11-17(20)13-6-8-30(9-7-13)22(32)23(24,25)26)36(33,34)31-12-18(21(28)29)16-4-2-14(27)10-19(16)31/h2-5,10-13,21H,6-9H2,1H3. The van der Waals surface area contributed by atoms with Gasteiger partial charge in [-0.2, -0.15) is 0 Å². The number of ether oxygens (including phenoxy) is 1. The lowest BCUT2D eigenvalue weighted by atomic mass is 9.89. The lowest BCUT2D eigenvalue weighted by Gasteiger charge is -2.34. The van der Waals surface area contributed by atoms with Gasteiger partial charge in [-0.25, -0.2) is 25.6 Å². The highest BCUT2D eigenvalue weighted by Gasteiger charge is 2.37. The maximum Gasteiger partial charge on any atom is 0.274 e. The van der Waals surface area contributed by atoms with Crippen LogP contribution in [0.15, 0.2) is 47.5 Å².